The number of hydrogen-bond donors (Lipinski definition) is 0. The average Bonchev–Trinajstić information content (AvgIpc) is 2.35. The van der Waals surface area contributed by atoms with E-state index in [2.05, 4.69) is 33.8 Å². The Morgan fingerprint density at radius 2 is 1.79 bits per heavy atom. The van der Waals surface area contributed by atoms with Crippen LogP contribution in [0.15, 0.2) is 41.5 Å². The summed E-state index contributed by atoms with van der Waals surface area (Å²) >= 11 is 0. The Balaban J connectivity index is 2.31. The monoisotopic (exact) mass is 254 g/mol. The molecule has 1 aromatic carbocycles. The molecule has 0 amide bonds. The molecule has 0 aliphatic heterocycles. The van der Waals surface area contributed by atoms with Crippen LogP contribution in [0.4, 0.5) is 0 Å². The first-order chi connectivity index (χ1) is 8.81. The minimum atomic E-state index is 0.137. The zero-order chi connectivity index (χ0) is 14.2. The molecule has 19 heavy (non-hydrogen) atoms. The highest BCUT2D eigenvalue weighted by molar-refractivity contribution is 6.10. The number of hydrogen-bond acceptors (Lipinski definition) is 1. The Kier molecular flexibility index (Phi) is 3.49. The highest BCUT2D eigenvalue weighted by atomic mass is 16.1. The van der Waals surface area contributed by atoms with E-state index in [0.29, 0.717) is 0 Å². The first kappa shape index (κ1) is 13.8. The summed E-state index contributed by atoms with van der Waals surface area (Å²) in [5.41, 5.74) is 5.47. The summed E-state index contributed by atoms with van der Waals surface area (Å²) < 4.78 is 0. The van der Waals surface area contributed by atoms with Crippen molar-refractivity contribution in [3.63, 3.8) is 0 Å². The van der Waals surface area contributed by atoms with Crippen molar-refractivity contribution < 1.29 is 4.79 Å². The molecule has 1 nitrogen and oxygen atoms in total. The van der Waals surface area contributed by atoms with Crippen LogP contribution >= 0.6 is 0 Å². The third-order valence-corrected chi connectivity index (χ3v) is 4.30. The Bertz CT molecular complexity index is 586. The van der Waals surface area contributed by atoms with Gasteiger partial charge in [-0.1, -0.05) is 43.7 Å². The zero-order valence-corrected chi connectivity index (χ0v) is 12.5. The molecule has 1 aromatic rings. The van der Waals surface area contributed by atoms with Crippen LogP contribution in [0.25, 0.3) is 0 Å². The Labute approximate surface area is 116 Å². The Morgan fingerprint density at radius 3 is 2.37 bits per heavy atom. The van der Waals surface area contributed by atoms with Gasteiger partial charge in [-0.3, -0.25) is 4.79 Å². The molecule has 0 fully saturated rings. The number of benzene rings is 1. The van der Waals surface area contributed by atoms with Crippen LogP contribution < -0.4 is 0 Å². The van der Waals surface area contributed by atoms with Crippen molar-refractivity contribution in [1.29, 1.82) is 0 Å². The smallest absolute Gasteiger partial charge is 0.192 e. The molecule has 0 unspecified atom stereocenters. The standard InChI is InChI=1S/C18H22O/c1-12-6-7-15(10-13(12)2)17(19)16-8-9-18(4,5)14(3)11-16/h6-8,10-11H,9H2,1-5H3. The first-order valence-electron chi connectivity index (χ1n) is 6.82. The van der Waals surface area contributed by atoms with Crippen LogP contribution in [-0.4, -0.2) is 5.78 Å². The molecule has 1 aliphatic carbocycles. The van der Waals surface area contributed by atoms with Gasteiger partial charge in [-0.2, -0.15) is 0 Å². The number of allylic oxidation sites excluding steroid dienone is 4. The maximum absolute atomic E-state index is 12.5. The van der Waals surface area contributed by atoms with Crippen molar-refractivity contribution in [2.75, 3.05) is 0 Å². The molecule has 0 spiro atoms. The zero-order valence-electron chi connectivity index (χ0n) is 12.5. The molecule has 2 rings (SSSR count). The van der Waals surface area contributed by atoms with Gasteiger partial charge < -0.3 is 0 Å². The van der Waals surface area contributed by atoms with Crippen molar-refractivity contribution >= 4 is 5.78 Å². The molecular weight excluding hydrogens is 232 g/mol. The quantitative estimate of drug-likeness (QED) is 0.693. The third-order valence-electron chi connectivity index (χ3n) is 4.30. The number of Topliss-reactive ketones (excluding diaryl/α,β-unsaturated/α-hetero) is 1. The molecular formula is C18H22O. The van der Waals surface area contributed by atoms with E-state index in [1.54, 1.807) is 0 Å². The van der Waals surface area contributed by atoms with Crippen molar-refractivity contribution in [2.24, 2.45) is 5.41 Å². The van der Waals surface area contributed by atoms with E-state index in [1.165, 1.54) is 16.7 Å². The van der Waals surface area contributed by atoms with E-state index < -0.39 is 0 Å². The predicted octanol–water partition coefficient (Wildman–Crippen LogP) is 4.79. The summed E-state index contributed by atoms with van der Waals surface area (Å²) in [6.07, 6.45) is 5.05. The molecule has 0 atom stereocenters. The second kappa shape index (κ2) is 4.80. The van der Waals surface area contributed by atoms with Gasteiger partial charge >= 0.3 is 0 Å². The highest BCUT2D eigenvalue weighted by Crippen LogP contribution is 2.35. The fourth-order valence-corrected chi connectivity index (χ4v) is 2.22. The highest BCUT2D eigenvalue weighted by Gasteiger charge is 2.24. The van der Waals surface area contributed by atoms with Crippen LogP contribution in [-0.2, 0) is 0 Å². The number of carbonyl (C=O) groups excluding carboxylic acids is 1. The minimum Gasteiger partial charge on any atom is -0.289 e. The lowest BCUT2D eigenvalue weighted by Gasteiger charge is -2.28. The topological polar surface area (TPSA) is 17.1 Å². The van der Waals surface area contributed by atoms with Gasteiger partial charge in [0.15, 0.2) is 5.78 Å². The maximum atomic E-state index is 12.5. The van der Waals surface area contributed by atoms with Crippen LogP contribution in [0.2, 0.25) is 0 Å². The normalized spacial score (nSPS) is 17.7. The molecule has 0 heterocycles. The van der Waals surface area contributed by atoms with E-state index >= 15 is 0 Å². The molecule has 0 radical (unpaired) electrons. The van der Waals surface area contributed by atoms with E-state index in [0.717, 1.165) is 17.6 Å². The molecule has 0 saturated heterocycles. The summed E-state index contributed by atoms with van der Waals surface area (Å²) in [6.45, 7) is 10.7. The van der Waals surface area contributed by atoms with E-state index in [9.17, 15) is 4.79 Å². The van der Waals surface area contributed by atoms with Gasteiger partial charge in [0.2, 0.25) is 0 Å². The van der Waals surface area contributed by atoms with Crippen LogP contribution in [0.5, 0.6) is 0 Å². The second-order valence-corrected chi connectivity index (χ2v) is 6.20. The SMILES string of the molecule is CC1=CC(C(=O)c2ccc(C)c(C)c2)=CCC1(C)C. The second-order valence-electron chi connectivity index (χ2n) is 6.20. The molecule has 0 aromatic heterocycles. The summed E-state index contributed by atoms with van der Waals surface area (Å²) in [4.78, 5) is 12.5. The number of aryl methyl sites for hydroxylation is 2. The van der Waals surface area contributed by atoms with Gasteiger partial charge in [-0.15, -0.1) is 0 Å². The van der Waals surface area contributed by atoms with Crippen molar-refractivity contribution in [3.05, 3.63) is 58.2 Å². The largest absolute Gasteiger partial charge is 0.289 e. The molecule has 0 bridgehead atoms. The Hall–Kier alpha value is -1.63. The predicted molar refractivity (Wildman–Crippen MR) is 80.5 cm³/mol. The fraction of sp³-hybridized carbons (Fsp3) is 0.389. The number of carbonyl (C=O) groups is 1. The average molecular weight is 254 g/mol. The van der Waals surface area contributed by atoms with E-state index in [-0.39, 0.29) is 11.2 Å². The van der Waals surface area contributed by atoms with Crippen LogP contribution in [0.1, 0.15) is 48.7 Å². The summed E-state index contributed by atoms with van der Waals surface area (Å²) in [5, 5.41) is 0. The van der Waals surface area contributed by atoms with E-state index in [4.69, 9.17) is 0 Å². The molecule has 0 N–H and O–H groups in total. The van der Waals surface area contributed by atoms with Crippen LogP contribution in [0.3, 0.4) is 0 Å². The Morgan fingerprint density at radius 1 is 1.11 bits per heavy atom. The van der Waals surface area contributed by atoms with Gasteiger partial charge in [0.25, 0.3) is 0 Å². The summed E-state index contributed by atoms with van der Waals surface area (Å²) in [7, 11) is 0. The molecule has 0 saturated carbocycles. The van der Waals surface area contributed by atoms with Crippen molar-refractivity contribution in [3.8, 4) is 0 Å². The summed E-state index contributed by atoms with van der Waals surface area (Å²) in [5.74, 6) is 0.137. The van der Waals surface area contributed by atoms with Crippen molar-refractivity contribution in [1.82, 2.24) is 0 Å². The minimum absolute atomic E-state index is 0.137. The third kappa shape index (κ3) is 2.70. The van der Waals surface area contributed by atoms with E-state index in [1.807, 2.05) is 31.2 Å². The molecule has 1 aliphatic rings. The van der Waals surface area contributed by atoms with Crippen LogP contribution in [0, 0.1) is 19.3 Å². The number of rotatable bonds is 2. The fourth-order valence-electron chi connectivity index (χ4n) is 2.22. The number of ketones is 1. The maximum Gasteiger partial charge on any atom is 0.192 e. The van der Waals surface area contributed by atoms with Gasteiger partial charge in [-0.25, -0.2) is 0 Å². The van der Waals surface area contributed by atoms with Gasteiger partial charge in [0.1, 0.15) is 0 Å². The lowest BCUT2D eigenvalue weighted by atomic mass is 9.76. The molecule has 100 valence electrons. The lowest BCUT2D eigenvalue weighted by Crippen LogP contribution is -2.17. The lowest BCUT2D eigenvalue weighted by molar-refractivity contribution is 0.103. The van der Waals surface area contributed by atoms with Gasteiger partial charge in [0.05, 0.1) is 0 Å². The molecule has 1 heteroatoms. The van der Waals surface area contributed by atoms with Crippen molar-refractivity contribution in [2.45, 2.75) is 41.0 Å². The first-order valence-corrected chi connectivity index (χ1v) is 6.82. The van der Waals surface area contributed by atoms with Gasteiger partial charge in [0, 0.05) is 11.1 Å². The van der Waals surface area contributed by atoms with Gasteiger partial charge in [-0.05, 0) is 49.8 Å². The summed E-state index contributed by atoms with van der Waals surface area (Å²) in [6, 6.07) is 5.93.